The number of anilines is 1. The summed E-state index contributed by atoms with van der Waals surface area (Å²) in [5.41, 5.74) is 1.07. The maximum absolute atomic E-state index is 12.1. The van der Waals surface area contributed by atoms with Crippen molar-refractivity contribution in [2.45, 2.75) is 38.3 Å². The highest BCUT2D eigenvalue weighted by Gasteiger charge is 2.27. The van der Waals surface area contributed by atoms with Gasteiger partial charge in [-0.05, 0) is 19.3 Å². The summed E-state index contributed by atoms with van der Waals surface area (Å²) in [6.07, 6.45) is 4.51. The number of carbonyl (C=O) groups is 1. The second-order valence-electron chi connectivity index (χ2n) is 5.76. The molecule has 0 spiro atoms. The molecule has 1 aromatic rings. The Morgan fingerprint density at radius 2 is 2.27 bits per heavy atom. The van der Waals surface area contributed by atoms with E-state index in [1.165, 1.54) is 0 Å². The van der Waals surface area contributed by atoms with Crippen LogP contribution in [0.15, 0.2) is 12.4 Å². The molecule has 1 unspecified atom stereocenters. The van der Waals surface area contributed by atoms with E-state index in [1.807, 2.05) is 0 Å². The van der Waals surface area contributed by atoms with Gasteiger partial charge in [0.15, 0.2) is 0 Å². The van der Waals surface area contributed by atoms with Gasteiger partial charge in [-0.25, -0.2) is 9.97 Å². The molecule has 0 bridgehead atoms. The van der Waals surface area contributed by atoms with Crippen LogP contribution in [-0.2, 0) is 11.2 Å². The Balaban J connectivity index is 1.50. The van der Waals surface area contributed by atoms with Gasteiger partial charge in [0.2, 0.25) is 5.91 Å². The van der Waals surface area contributed by atoms with Crippen molar-refractivity contribution in [1.82, 2.24) is 20.6 Å². The lowest BCUT2D eigenvalue weighted by Crippen LogP contribution is -2.50. The fourth-order valence-corrected chi connectivity index (χ4v) is 3.81. The Morgan fingerprint density at radius 3 is 2.95 bits per heavy atom. The molecule has 1 atom stereocenters. The van der Waals surface area contributed by atoms with Crippen molar-refractivity contribution < 1.29 is 4.79 Å². The Hall–Kier alpha value is -1.34. The number of aryl methyl sites for hydroxylation is 1. The topological polar surface area (TPSA) is 70.2 Å². The van der Waals surface area contributed by atoms with Gasteiger partial charge < -0.3 is 10.2 Å². The van der Waals surface area contributed by atoms with Crippen molar-refractivity contribution >= 4 is 23.5 Å². The van der Waals surface area contributed by atoms with E-state index in [-0.39, 0.29) is 18.0 Å². The lowest BCUT2D eigenvalue weighted by atomic mass is 10.0. The summed E-state index contributed by atoms with van der Waals surface area (Å²) in [4.78, 5) is 23.0. The highest BCUT2D eigenvalue weighted by atomic mass is 32.2. The minimum Gasteiger partial charge on any atom is -0.356 e. The van der Waals surface area contributed by atoms with Crippen molar-refractivity contribution in [3.8, 4) is 0 Å². The minimum atomic E-state index is -0.0167. The first-order valence-corrected chi connectivity index (χ1v) is 9.09. The van der Waals surface area contributed by atoms with E-state index in [0.717, 1.165) is 55.5 Å². The molecule has 1 aromatic heterocycles. The molecule has 2 N–H and O–H groups in total. The molecule has 2 aliphatic heterocycles. The summed E-state index contributed by atoms with van der Waals surface area (Å²) >= 11 is 1.78. The third-order valence-corrected chi connectivity index (χ3v) is 5.21. The molecular weight excluding hydrogens is 298 g/mol. The van der Waals surface area contributed by atoms with E-state index in [1.54, 1.807) is 18.1 Å². The molecule has 1 amide bonds. The zero-order valence-electron chi connectivity index (χ0n) is 12.9. The third-order valence-electron chi connectivity index (χ3n) is 4.27. The Morgan fingerprint density at radius 1 is 1.45 bits per heavy atom. The van der Waals surface area contributed by atoms with Crippen LogP contribution in [0.25, 0.3) is 0 Å². The summed E-state index contributed by atoms with van der Waals surface area (Å²) in [5.74, 6) is 2.92. The number of carbonyl (C=O) groups excluding carboxylic acids is 1. The van der Waals surface area contributed by atoms with Crippen LogP contribution < -0.4 is 15.5 Å². The van der Waals surface area contributed by atoms with Gasteiger partial charge in [-0.2, -0.15) is 0 Å². The average Bonchev–Trinajstić information content (AvgIpc) is 3.10. The van der Waals surface area contributed by atoms with Crippen LogP contribution in [0.3, 0.4) is 0 Å². The number of nitrogens with zero attached hydrogens (tertiary/aromatic N) is 3. The summed E-state index contributed by atoms with van der Waals surface area (Å²) in [5, 5.41) is 6.40. The molecule has 2 saturated heterocycles. The maximum atomic E-state index is 12.1. The molecule has 2 aliphatic rings. The first-order chi connectivity index (χ1) is 10.8. The first kappa shape index (κ1) is 15.6. The van der Waals surface area contributed by atoms with E-state index < -0.39 is 0 Å². The number of rotatable bonds is 4. The monoisotopic (exact) mass is 321 g/mol. The van der Waals surface area contributed by atoms with Crippen LogP contribution in [-0.4, -0.2) is 52.7 Å². The molecule has 0 radical (unpaired) electrons. The normalized spacial score (nSPS) is 22.8. The van der Waals surface area contributed by atoms with E-state index >= 15 is 0 Å². The van der Waals surface area contributed by atoms with Crippen LogP contribution in [0, 0.1) is 0 Å². The van der Waals surface area contributed by atoms with Crippen molar-refractivity contribution in [3.63, 3.8) is 0 Å². The summed E-state index contributed by atoms with van der Waals surface area (Å²) in [6.45, 7) is 3.96. The highest BCUT2D eigenvalue weighted by molar-refractivity contribution is 7.99. The van der Waals surface area contributed by atoms with Gasteiger partial charge in [0.25, 0.3) is 0 Å². The Labute approximate surface area is 135 Å². The molecule has 2 fully saturated rings. The smallest absolute Gasteiger partial charge is 0.238 e. The molecule has 0 aliphatic carbocycles. The van der Waals surface area contributed by atoms with Crippen molar-refractivity contribution in [1.29, 1.82) is 0 Å². The number of nitrogens with one attached hydrogen (secondary N) is 2. The predicted octanol–water partition coefficient (Wildman–Crippen LogP) is 0.786. The van der Waals surface area contributed by atoms with E-state index in [4.69, 9.17) is 0 Å². The van der Waals surface area contributed by atoms with Crippen LogP contribution in [0.5, 0.6) is 0 Å². The molecule has 22 heavy (non-hydrogen) atoms. The molecule has 3 heterocycles. The SMILES string of the molecule is CCc1cc(N2CCC(NC(=O)C3CSCN3)CC2)ncn1. The molecule has 3 rings (SSSR count). The van der Waals surface area contributed by atoms with Gasteiger partial charge in [0, 0.05) is 42.5 Å². The minimum absolute atomic E-state index is 0.0167. The van der Waals surface area contributed by atoms with Crippen LogP contribution in [0.2, 0.25) is 0 Å². The first-order valence-electron chi connectivity index (χ1n) is 7.93. The lowest BCUT2D eigenvalue weighted by Gasteiger charge is -2.33. The van der Waals surface area contributed by atoms with Gasteiger partial charge in [0.05, 0.1) is 6.04 Å². The summed E-state index contributed by atoms with van der Waals surface area (Å²) < 4.78 is 0. The van der Waals surface area contributed by atoms with Crippen LogP contribution in [0.4, 0.5) is 5.82 Å². The number of amides is 1. The average molecular weight is 321 g/mol. The fourth-order valence-electron chi connectivity index (χ4n) is 2.87. The van der Waals surface area contributed by atoms with Crippen molar-refractivity contribution in [2.75, 3.05) is 29.6 Å². The second-order valence-corrected chi connectivity index (χ2v) is 6.79. The van der Waals surface area contributed by atoms with Crippen LogP contribution in [0.1, 0.15) is 25.5 Å². The van der Waals surface area contributed by atoms with Crippen molar-refractivity contribution in [2.24, 2.45) is 0 Å². The molecule has 120 valence electrons. The Bertz CT molecular complexity index is 512. The number of hydrogen-bond donors (Lipinski definition) is 2. The highest BCUT2D eigenvalue weighted by Crippen LogP contribution is 2.19. The van der Waals surface area contributed by atoms with Gasteiger partial charge in [-0.1, -0.05) is 6.92 Å². The maximum Gasteiger partial charge on any atom is 0.238 e. The number of aromatic nitrogens is 2. The zero-order valence-corrected chi connectivity index (χ0v) is 13.7. The zero-order chi connectivity index (χ0) is 15.4. The van der Waals surface area contributed by atoms with Gasteiger partial charge in [-0.15, -0.1) is 11.8 Å². The lowest BCUT2D eigenvalue weighted by molar-refractivity contribution is -0.123. The molecule has 0 saturated carbocycles. The van der Waals surface area contributed by atoms with E-state index in [2.05, 4.69) is 38.5 Å². The summed E-state index contributed by atoms with van der Waals surface area (Å²) in [6, 6.07) is 2.33. The second kappa shape index (κ2) is 7.28. The standard InChI is InChI=1S/C15H23N5OS/c1-2-11-7-14(17-9-16-11)20-5-3-12(4-6-20)19-15(21)13-8-22-10-18-13/h7,9,12-13,18H,2-6,8,10H2,1H3,(H,19,21). The summed E-state index contributed by atoms with van der Waals surface area (Å²) in [7, 11) is 0. The van der Waals surface area contributed by atoms with E-state index in [9.17, 15) is 4.79 Å². The predicted molar refractivity (Wildman–Crippen MR) is 89.0 cm³/mol. The number of thioether (sulfide) groups is 1. The van der Waals surface area contributed by atoms with Crippen LogP contribution >= 0.6 is 11.8 Å². The van der Waals surface area contributed by atoms with E-state index in [0.29, 0.717) is 0 Å². The molecule has 6 nitrogen and oxygen atoms in total. The fraction of sp³-hybridized carbons (Fsp3) is 0.667. The molecular formula is C15H23N5OS. The third kappa shape index (κ3) is 3.70. The van der Waals surface area contributed by atoms with Gasteiger partial charge >= 0.3 is 0 Å². The largest absolute Gasteiger partial charge is 0.356 e. The quantitative estimate of drug-likeness (QED) is 0.854. The van der Waals surface area contributed by atoms with Gasteiger partial charge in [-0.3, -0.25) is 10.1 Å². The Kier molecular flexibility index (Phi) is 5.15. The van der Waals surface area contributed by atoms with Gasteiger partial charge in [0.1, 0.15) is 12.1 Å². The molecule has 7 heteroatoms. The molecule has 0 aromatic carbocycles. The van der Waals surface area contributed by atoms with Crippen molar-refractivity contribution in [3.05, 3.63) is 18.1 Å². The number of hydrogen-bond acceptors (Lipinski definition) is 6. The number of piperidine rings is 1.